The molecule has 0 aliphatic carbocycles. The highest BCUT2D eigenvalue weighted by Gasteiger charge is 2.18. The molecule has 0 bridgehead atoms. The zero-order valence-electron chi connectivity index (χ0n) is 17.3. The standard InChI is InChI=1S/C23H25N2O/c1-13(2)17-7-8-25(6)21(11-17)18-12-19-20-9-14(3)16(5)24-23(20)26-22(19)10-15(18)4/h7-13H,1-6H3/q+1/i13D. The summed E-state index contributed by atoms with van der Waals surface area (Å²) in [5.41, 5.74) is 8.10. The molecule has 3 aromatic heterocycles. The molecule has 0 amide bonds. The van der Waals surface area contributed by atoms with Gasteiger partial charge in [-0.1, -0.05) is 13.8 Å². The predicted octanol–water partition coefficient (Wildman–Crippen LogP) is 5.52. The van der Waals surface area contributed by atoms with Crippen molar-refractivity contribution < 1.29 is 10.4 Å². The number of aryl methyl sites for hydroxylation is 4. The molecule has 132 valence electrons. The van der Waals surface area contributed by atoms with E-state index in [4.69, 9.17) is 5.79 Å². The summed E-state index contributed by atoms with van der Waals surface area (Å²) in [6.07, 6.45) is 2.03. The third-order valence-electron chi connectivity index (χ3n) is 5.26. The largest absolute Gasteiger partial charge is 0.438 e. The predicted molar refractivity (Wildman–Crippen MR) is 106 cm³/mol. The molecule has 0 N–H and O–H groups in total. The molecule has 3 heterocycles. The molecule has 26 heavy (non-hydrogen) atoms. The summed E-state index contributed by atoms with van der Waals surface area (Å²) in [4.78, 5) is 4.61. The van der Waals surface area contributed by atoms with Crippen molar-refractivity contribution in [1.82, 2.24) is 4.98 Å². The van der Waals surface area contributed by atoms with Crippen molar-refractivity contribution in [2.45, 2.75) is 40.5 Å². The molecule has 0 aliphatic heterocycles. The van der Waals surface area contributed by atoms with Crippen LogP contribution in [-0.2, 0) is 7.05 Å². The minimum absolute atomic E-state index is 0.637. The number of fused-ring (bicyclic) bond motifs is 3. The van der Waals surface area contributed by atoms with Gasteiger partial charge in [0.1, 0.15) is 12.6 Å². The van der Waals surface area contributed by atoms with Gasteiger partial charge in [-0.2, -0.15) is 0 Å². The van der Waals surface area contributed by atoms with E-state index < -0.39 is 5.89 Å². The minimum atomic E-state index is -0.637. The smallest absolute Gasteiger partial charge is 0.227 e. The van der Waals surface area contributed by atoms with Crippen LogP contribution in [0.4, 0.5) is 0 Å². The monoisotopic (exact) mass is 346 g/mol. The highest BCUT2D eigenvalue weighted by molar-refractivity contribution is 6.05. The van der Waals surface area contributed by atoms with E-state index in [9.17, 15) is 0 Å². The van der Waals surface area contributed by atoms with Crippen molar-refractivity contribution in [2.24, 2.45) is 7.05 Å². The fraction of sp³-hybridized carbons (Fsp3) is 0.304. The van der Waals surface area contributed by atoms with E-state index in [2.05, 4.69) is 47.7 Å². The number of benzene rings is 1. The number of hydrogen-bond acceptors (Lipinski definition) is 2. The molecule has 0 atom stereocenters. The maximum absolute atomic E-state index is 8.38. The lowest BCUT2D eigenvalue weighted by molar-refractivity contribution is -0.660. The van der Waals surface area contributed by atoms with Gasteiger partial charge in [0.15, 0.2) is 6.20 Å². The molecular weight excluding hydrogens is 320 g/mol. The van der Waals surface area contributed by atoms with Crippen LogP contribution in [-0.4, -0.2) is 4.98 Å². The van der Waals surface area contributed by atoms with E-state index >= 15 is 0 Å². The van der Waals surface area contributed by atoms with Crippen molar-refractivity contribution >= 4 is 22.1 Å². The second-order valence-electron chi connectivity index (χ2n) is 7.42. The lowest BCUT2D eigenvalue weighted by atomic mass is 9.97. The van der Waals surface area contributed by atoms with Gasteiger partial charge in [0.05, 0.1) is 0 Å². The molecule has 0 saturated heterocycles. The zero-order chi connectivity index (χ0) is 19.5. The van der Waals surface area contributed by atoms with Gasteiger partial charge in [0, 0.05) is 35.5 Å². The third-order valence-corrected chi connectivity index (χ3v) is 5.26. The fourth-order valence-corrected chi connectivity index (χ4v) is 3.46. The first-order valence-electron chi connectivity index (χ1n) is 9.47. The zero-order valence-corrected chi connectivity index (χ0v) is 16.3. The Morgan fingerprint density at radius 3 is 2.54 bits per heavy atom. The highest BCUT2D eigenvalue weighted by atomic mass is 16.3. The van der Waals surface area contributed by atoms with Gasteiger partial charge in [-0.15, -0.1) is 0 Å². The van der Waals surface area contributed by atoms with Crippen LogP contribution in [0.2, 0.25) is 0 Å². The second-order valence-corrected chi connectivity index (χ2v) is 7.42. The van der Waals surface area contributed by atoms with Crippen molar-refractivity contribution in [2.75, 3.05) is 0 Å². The molecule has 0 aliphatic rings. The van der Waals surface area contributed by atoms with E-state index in [0.29, 0.717) is 5.71 Å². The average molecular weight is 346 g/mol. The van der Waals surface area contributed by atoms with Gasteiger partial charge >= 0.3 is 0 Å². The van der Waals surface area contributed by atoms with Crippen molar-refractivity contribution in [1.29, 1.82) is 0 Å². The Hall–Kier alpha value is -2.68. The van der Waals surface area contributed by atoms with Crippen LogP contribution in [0.15, 0.2) is 40.9 Å². The van der Waals surface area contributed by atoms with Gasteiger partial charge in [-0.25, -0.2) is 9.55 Å². The highest BCUT2D eigenvalue weighted by Crippen LogP contribution is 2.34. The van der Waals surface area contributed by atoms with Crippen LogP contribution in [0.5, 0.6) is 0 Å². The Morgan fingerprint density at radius 1 is 1.04 bits per heavy atom. The normalized spacial score (nSPS) is 12.8. The number of aromatic nitrogens is 2. The van der Waals surface area contributed by atoms with Gasteiger partial charge in [0.2, 0.25) is 11.4 Å². The summed E-state index contributed by atoms with van der Waals surface area (Å²) in [5, 5.41) is 2.13. The Balaban J connectivity index is 2.01. The van der Waals surface area contributed by atoms with E-state index in [1.165, 1.54) is 0 Å². The van der Waals surface area contributed by atoms with Gasteiger partial charge in [-0.3, -0.25) is 0 Å². The van der Waals surface area contributed by atoms with Crippen LogP contribution in [0.1, 0.15) is 43.5 Å². The van der Waals surface area contributed by atoms with E-state index in [0.717, 1.165) is 50.0 Å². The van der Waals surface area contributed by atoms with Gasteiger partial charge < -0.3 is 4.42 Å². The number of pyridine rings is 2. The molecular formula is C23H25N2O+. The summed E-state index contributed by atoms with van der Waals surface area (Å²) in [6.45, 7) is 10.0. The molecule has 0 saturated carbocycles. The van der Waals surface area contributed by atoms with Gasteiger partial charge in [0.25, 0.3) is 0 Å². The summed E-state index contributed by atoms with van der Waals surface area (Å²) in [7, 11) is 2.04. The third kappa shape index (κ3) is 2.59. The first kappa shape index (κ1) is 15.6. The number of furan rings is 1. The molecule has 0 spiro atoms. The molecule has 0 fully saturated rings. The maximum atomic E-state index is 8.38. The maximum Gasteiger partial charge on any atom is 0.227 e. The van der Waals surface area contributed by atoms with Crippen LogP contribution in [0, 0.1) is 20.8 Å². The van der Waals surface area contributed by atoms with E-state index in [-0.39, 0.29) is 0 Å². The van der Waals surface area contributed by atoms with E-state index in [1.54, 1.807) is 0 Å². The lowest BCUT2D eigenvalue weighted by Gasteiger charge is -2.09. The quantitative estimate of drug-likeness (QED) is 0.447. The van der Waals surface area contributed by atoms with E-state index in [1.807, 2.05) is 40.1 Å². The second kappa shape index (κ2) is 5.94. The molecule has 4 aromatic rings. The van der Waals surface area contributed by atoms with Crippen molar-refractivity contribution in [3.63, 3.8) is 0 Å². The first-order chi connectivity index (χ1) is 12.6. The SMILES string of the molecule is [2H]C(C)(C)c1cc[n+](C)c(-c2cc3c(cc2C)oc2nc(C)c(C)cc23)c1. The Kier molecular flexibility index (Phi) is 3.56. The Bertz CT molecular complexity index is 1200. The summed E-state index contributed by atoms with van der Waals surface area (Å²) in [5.74, 6) is -0.637. The number of hydrogen-bond donors (Lipinski definition) is 0. The topological polar surface area (TPSA) is 29.9 Å². The Labute approximate surface area is 155 Å². The van der Waals surface area contributed by atoms with Crippen LogP contribution >= 0.6 is 0 Å². The first-order valence-corrected chi connectivity index (χ1v) is 8.97. The minimum Gasteiger partial charge on any atom is -0.438 e. The summed E-state index contributed by atoms with van der Waals surface area (Å²) >= 11 is 0. The van der Waals surface area contributed by atoms with Gasteiger partial charge in [-0.05, 0) is 61.6 Å². The summed E-state index contributed by atoms with van der Waals surface area (Å²) in [6, 6.07) is 10.6. The van der Waals surface area contributed by atoms with Crippen LogP contribution in [0.3, 0.4) is 0 Å². The molecule has 3 heteroatoms. The number of nitrogens with zero attached hydrogens (tertiary/aromatic N) is 2. The van der Waals surface area contributed by atoms with Crippen molar-refractivity contribution in [3.8, 4) is 11.3 Å². The molecule has 1 aromatic carbocycles. The Morgan fingerprint density at radius 2 is 1.81 bits per heavy atom. The molecule has 3 nitrogen and oxygen atoms in total. The fourth-order valence-electron chi connectivity index (χ4n) is 3.46. The van der Waals surface area contributed by atoms with Crippen molar-refractivity contribution in [3.05, 3.63) is 58.9 Å². The lowest BCUT2D eigenvalue weighted by Crippen LogP contribution is -2.30. The molecule has 0 unspecified atom stereocenters. The molecule has 0 radical (unpaired) electrons. The van der Waals surface area contributed by atoms with Crippen LogP contribution < -0.4 is 4.57 Å². The van der Waals surface area contributed by atoms with Crippen LogP contribution in [0.25, 0.3) is 33.3 Å². The summed E-state index contributed by atoms with van der Waals surface area (Å²) < 4.78 is 16.5. The molecule has 4 rings (SSSR count). The average Bonchev–Trinajstić information content (AvgIpc) is 2.90. The number of rotatable bonds is 2.